The zero-order valence-corrected chi connectivity index (χ0v) is 16.3. The Bertz CT molecular complexity index is 912. The normalized spacial score (nSPS) is 10.4. The van der Waals surface area contributed by atoms with Crippen LogP contribution in [0.2, 0.25) is 5.02 Å². The van der Waals surface area contributed by atoms with Gasteiger partial charge in [-0.3, -0.25) is 9.59 Å². The molecule has 0 saturated carbocycles. The van der Waals surface area contributed by atoms with E-state index in [1.54, 1.807) is 42.5 Å². The fraction of sp³-hybridized carbons (Fsp3) is 0.150. The molecule has 0 bridgehead atoms. The van der Waals surface area contributed by atoms with Crippen molar-refractivity contribution >= 4 is 41.1 Å². The van der Waals surface area contributed by atoms with E-state index in [1.807, 2.05) is 0 Å². The lowest BCUT2D eigenvalue weighted by atomic mass is 10.2. The zero-order chi connectivity index (χ0) is 21.2. The summed E-state index contributed by atoms with van der Waals surface area (Å²) < 4.78 is 15.3. The average molecular weight is 419 g/mol. The van der Waals surface area contributed by atoms with Crippen LogP contribution in [0.15, 0.2) is 48.5 Å². The van der Waals surface area contributed by atoms with Gasteiger partial charge in [0, 0.05) is 16.8 Å². The number of benzene rings is 2. The number of carbonyl (C=O) groups excluding carboxylic acids is 3. The average Bonchev–Trinajstić information content (AvgIpc) is 2.71. The number of nitrogens with one attached hydrogen (secondary N) is 1. The van der Waals surface area contributed by atoms with Crippen LogP contribution in [0.5, 0.6) is 11.5 Å². The number of nitrogens with two attached hydrogens (primary N) is 1. The molecular weight excluding hydrogens is 400 g/mol. The van der Waals surface area contributed by atoms with Crippen LogP contribution in [-0.2, 0) is 19.1 Å². The van der Waals surface area contributed by atoms with E-state index in [1.165, 1.54) is 19.3 Å². The molecule has 0 aliphatic rings. The second-order valence-electron chi connectivity index (χ2n) is 5.66. The third-order valence-corrected chi connectivity index (χ3v) is 3.69. The molecule has 0 aliphatic heterocycles. The van der Waals surface area contributed by atoms with Gasteiger partial charge in [0.05, 0.1) is 7.11 Å². The molecule has 0 saturated heterocycles. The Labute approximate surface area is 172 Å². The van der Waals surface area contributed by atoms with Crippen molar-refractivity contribution in [1.29, 1.82) is 0 Å². The number of hydrogen-bond acceptors (Lipinski definition) is 6. The highest BCUT2D eigenvalue weighted by atomic mass is 35.5. The fourth-order valence-electron chi connectivity index (χ4n) is 2.14. The molecule has 0 heterocycles. The lowest BCUT2D eigenvalue weighted by molar-refractivity contribution is -0.142. The van der Waals surface area contributed by atoms with Crippen LogP contribution >= 0.6 is 11.6 Å². The van der Waals surface area contributed by atoms with Gasteiger partial charge < -0.3 is 25.3 Å². The number of hydrogen-bond donors (Lipinski definition) is 2. The molecule has 2 rings (SSSR count). The summed E-state index contributed by atoms with van der Waals surface area (Å²) in [6.07, 6.45) is 2.66. The molecule has 0 spiro atoms. The van der Waals surface area contributed by atoms with Gasteiger partial charge in [-0.15, -0.1) is 0 Å². The summed E-state index contributed by atoms with van der Waals surface area (Å²) in [4.78, 5) is 34.4. The Morgan fingerprint density at radius 3 is 2.45 bits per heavy atom. The molecule has 2 amide bonds. The molecule has 0 fully saturated rings. The topological polar surface area (TPSA) is 117 Å². The van der Waals surface area contributed by atoms with E-state index in [4.69, 9.17) is 31.5 Å². The van der Waals surface area contributed by atoms with Gasteiger partial charge >= 0.3 is 5.97 Å². The SMILES string of the molecule is COc1cc(/C=C/C(=O)OCC(=O)Nc2ccc(Cl)cc2)ccc1OCC(N)=O. The molecule has 2 aromatic rings. The molecule has 152 valence electrons. The van der Waals surface area contributed by atoms with E-state index in [0.29, 0.717) is 27.8 Å². The standard InChI is InChI=1S/C20H19ClN2O6/c1-27-17-10-13(2-8-16(17)28-11-18(22)24)3-9-20(26)29-12-19(25)23-15-6-4-14(21)5-7-15/h2-10H,11-12H2,1H3,(H2,22,24)(H,23,25)/b9-3+. The molecule has 29 heavy (non-hydrogen) atoms. The number of amides is 2. The van der Waals surface area contributed by atoms with Gasteiger partial charge in [-0.25, -0.2) is 4.79 Å². The molecule has 0 atom stereocenters. The Hall–Kier alpha value is -3.52. The van der Waals surface area contributed by atoms with Crippen molar-refractivity contribution < 1.29 is 28.6 Å². The number of carbonyl (C=O) groups is 3. The second kappa shape index (κ2) is 10.7. The molecule has 0 radical (unpaired) electrons. The van der Waals surface area contributed by atoms with Gasteiger partial charge in [-0.2, -0.15) is 0 Å². The maximum atomic E-state index is 11.8. The summed E-state index contributed by atoms with van der Waals surface area (Å²) in [5, 5.41) is 3.12. The number of rotatable bonds is 9. The first-order valence-electron chi connectivity index (χ1n) is 8.37. The van der Waals surface area contributed by atoms with Crippen LogP contribution in [0.1, 0.15) is 5.56 Å². The summed E-state index contributed by atoms with van der Waals surface area (Å²) in [5.74, 6) is -1.08. The number of halogens is 1. The highest BCUT2D eigenvalue weighted by Crippen LogP contribution is 2.28. The second-order valence-corrected chi connectivity index (χ2v) is 6.10. The van der Waals surface area contributed by atoms with Gasteiger partial charge in [0.15, 0.2) is 24.7 Å². The zero-order valence-electron chi connectivity index (χ0n) is 15.5. The quantitative estimate of drug-likeness (QED) is 0.477. The van der Waals surface area contributed by atoms with Crippen LogP contribution in [0.3, 0.4) is 0 Å². The van der Waals surface area contributed by atoms with Crippen LogP contribution in [0.25, 0.3) is 6.08 Å². The number of ether oxygens (including phenoxy) is 3. The van der Waals surface area contributed by atoms with Gasteiger partial charge in [-0.1, -0.05) is 17.7 Å². The first kappa shape index (κ1) is 21.8. The van der Waals surface area contributed by atoms with E-state index >= 15 is 0 Å². The number of anilines is 1. The predicted molar refractivity (Wildman–Crippen MR) is 108 cm³/mol. The van der Waals surface area contributed by atoms with Crippen LogP contribution < -0.4 is 20.5 Å². The summed E-state index contributed by atoms with van der Waals surface area (Å²) in [6, 6.07) is 11.3. The molecule has 3 N–H and O–H groups in total. The van der Waals surface area contributed by atoms with Crippen molar-refractivity contribution in [2.24, 2.45) is 5.73 Å². The monoisotopic (exact) mass is 418 g/mol. The minimum atomic E-state index is -0.690. The maximum Gasteiger partial charge on any atom is 0.331 e. The fourth-order valence-corrected chi connectivity index (χ4v) is 2.26. The van der Waals surface area contributed by atoms with E-state index < -0.39 is 24.4 Å². The minimum absolute atomic E-state index is 0.282. The molecule has 0 aromatic heterocycles. The summed E-state index contributed by atoms with van der Waals surface area (Å²) in [6.45, 7) is -0.717. The van der Waals surface area contributed by atoms with Gasteiger partial charge in [0.2, 0.25) is 0 Å². The summed E-state index contributed by atoms with van der Waals surface area (Å²) >= 11 is 5.77. The maximum absolute atomic E-state index is 11.8. The van der Waals surface area contributed by atoms with Gasteiger partial charge in [0.25, 0.3) is 11.8 Å². The molecular formula is C20H19ClN2O6. The van der Waals surface area contributed by atoms with Crippen molar-refractivity contribution in [3.05, 3.63) is 59.1 Å². The largest absolute Gasteiger partial charge is 0.493 e. The van der Waals surface area contributed by atoms with Crippen LogP contribution in [0, 0.1) is 0 Å². The Morgan fingerprint density at radius 2 is 1.79 bits per heavy atom. The third kappa shape index (κ3) is 7.55. The van der Waals surface area contributed by atoms with E-state index in [2.05, 4.69) is 5.32 Å². The summed E-state index contributed by atoms with van der Waals surface area (Å²) in [5.41, 5.74) is 6.20. The van der Waals surface area contributed by atoms with E-state index in [9.17, 15) is 14.4 Å². The first-order valence-corrected chi connectivity index (χ1v) is 8.74. The lowest BCUT2D eigenvalue weighted by Crippen LogP contribution is -2.20. The van der Waals surface area contributed by atoms with E-state index in [0.717, 1.165) is 0 Å². The lowest BCUT2D eigenvalue weighted by Gasteiger charge is -2.10. The first-order chi connectivity index (χ1) is 13.9. The van der Waals surface area contributed by atoms with Gasteiger partial charge in [-0.05, 0) is 48.0 Å². The highest BCUT2D eigenvalue weighted by molar-refractivity contribution is 6.30. The molecule has 9 heteroatoms. The third-order valence-electron chi connectivity index (χ3n) is 3.44. The highest BCUT2D eigenvalue weighted by Gasteiger charge is 2.08. The van der Waals surface area contributed by atoms with Crippen molar-refractivity contribution in [2.75, 3.05) is 25.6 Å². The molecule has 0 aliphatic carbocycles. The van der Waals surface area contributed by atoms with Crippen molar-refractivity contribution in [2.45, 2.75) is 0 Å². The van der Waals surface area contributed by atoms with Crippen molar-refractivity contribution in [3.63, 3.8) is 0 Å². The van der Waals surface area contributed by atoms with Crippen molar-refractivity contribution in [3.8, 4) is 11.5 Å². The molecule has 8 nitrogen and oxygen atoms in total. The predicted octanol–water partition coefficient (Wildman–Crippen LogP) is 2.41. The Morgan fingerprint density at radius 1 is 1.07 bits per heavy atom. The van der Waals surface area contributed by atoms with Crippen LogP contribution in [-0.4, -0.2) is 38.1 Å². The van der Waals surface area contributed by atoms with Crippen LogP contribution in [0.4, 0.5) is 5.69 Å². The smallest absolute Gasteiger partial charge is 0.331 e. The minimum Gasteiger partial charge on any atom is -0.493 e. The number of primary amides is 1. The Balaban J connectivity index is 1.86. The van der Waals surface area contributed by atoms with E-state index in [-0.39, 0.29) is 6.61 Å². The molecule has 0 unspecified atom stereocenters. The molecule has 2 aromatic carbocycles. The Kier molecular flexibility index (Phi) is 8.05. The summed E-state index contributed by atoms with van der Waals surface area (Å²) in [7, 11) is 1.44. The van der Waals surface area contributed by atoms with Gasteiger partial charge in [0.1, 0.15) is 0 Å². The number of methoxy groups -OCH3 is 1. The van der Waals surface area contributed by atoms with Crippen molar-refractivity contribution in [1.82, 2.24) is 0 Å². The number of esters is 1.